The molecule has 2 heterocycles. The van der Waals surface area contributed by atoms with Gasteiger partial charge in [-0.25, -0.2) is 0 Å². The van der Waals surface area contributed by atoms with E-state index in [0.29, 0.717) is 23.5 Å². The molecule has 2 saturated heterocycles. The lowest BCUT2D eigenvalue weighted by Crippen LogP contribution is -3.19. The molecule has 0 spiro atoms. The van der Waals surface area contributed by atoms with Crippen molar-refractivity contribution in [3.8, 4) is 5.75 Å². The number of nitrogens with zero attached hydrogens (tertiary/aromatic N) is 2. The Hall–Kier alpha value is -1.75. The van der Waals surface area contributed by atoms with Gasteiger partial charge in [-0.3, -0.25) is 4.79 Å². The molecule has 2 fully saturated rings. The Kier molecular flexibility index (Phi) is 5.52. The van der Waals surface area contributed by atoms with E-state index in [-0.39, 0.29) is 6.04 Å². The van der Waals surface area contributed by atoms with Crippen LogP contribution in [0.3, 0.4) is 0 Å². The van der Waals surface area contributed by atoms with Crippen LogP contribution in [0.1, 0.15) is 27.2 Å². The van der Waals surface area contributed by atoms with Gasteiger partial charge >= 0.3 is 0 Å². The van der Waals surface area contributed by atoms with E-state index in [9.17, 15) is 9.90 Å². The maximum absolute atomic E-state index is 12.9. The van der Waals surface area contributed by atoms with E-state index < -0.39 is 0 Å². The fraction of sp³-hybridized carbons (Fsp3) is 0.650. The average molecular weight is 346 g/mol. The highest BCUT2D eigenvalue weighted by molar-refractivity contribution is 5.80. The summed E-state index contributed by atoms with van der Waals surface area (Å²) in [6, 6.07) is 7.44. The van der Waals surface area contributed by atoms with Crippen LogP contribution in [0.5, 0.6) is 5.75 Å². The number of carbonyl (C=O) groups excluding carboxylic acids is 1. The molecule has 0 aliphatic carbocycles. The van der Waals surface area contributed by atoms with Gasteiger partial charge in [0.05, 0.1) is 26.2 Å². The molecule has 5 heteroatoms. The number of nitrogens with one attached hydrogen (secondary N) is 1. The van der Waals surface area contributed by atoms with E-state index in [4.69, 9.17) is 0 Å². The molecule has 2 N–H and O–H groups in total. The fourth-order valence-corrected chi connectivity index (χ4v) is 4.44. The monoisotopic (exact) mass is 346 g/mol. The highest BCUT2D eigenvalue weighted by Crippen LogP contribution is 2.21. The zero-order valence-corrected chi connectivity index (χ0v) is 15.7. The molecule has 1 amide bonds. The number of benzene rings is 1. The molecule has 3 rings (SSSR count). The maximum atomic E-state index is 12.9. The van der Waals surface area contributed by atoms with E-state index >= 15 is 0 Å². The third-order valence-electron chi connectivity index (χ3n) is 5.78. The molecule has 1 aromatic rings. The first-order valence-corrected chi connectivity index (χ1v) is 9.61. The van der Waals surface area contributed by atoms with Gasteiger partial charge in [0, 0.05) is 18.8 Å². The first-order valence-electron chi connectivity index (χ1n) is 9.61. The lowest BCUT2D eigenvalue weighted by Gasteiger charge is -2.40. The van der Waals surface area contributed by atoms with Gasteiger partial charge in [0.1, 0.15) is 5.75 Å². The first-order chi connectivity index (χ1) is 11.9. The van der Waals surface area contributed by atoms with E-state index in [1.807, 2.05) is 12.1 Å². The average Bonchev–Trinajstić information content (AvgIpc) is 2.60. The van der Waals surface area contributed by atoms with Crippen molar-refractivity contribution in [2.24, 2.45) is 11.8 Å². The predicted molar refractivity (Wildman–Crippen MR) is 100 cm³/mol. The minimum atomic E-state index is 0.0412. The largest absolute Gasteiger partial charge is 0.508 e. The van der Waals surface area contributed by atoms with Gasteiger partial charge in [0.25, 0.3) is 5.91 Å². The SMILES string of the molecule is C[C@@H]1C[C@H](C)CN(C(=O)[C@@H](C)[NH+]2CCN(c3ccc(O)cc3)CC2)C1. The maximum Gasteiger partial charge on any atom is 0.280 e. The van der Waals surface area contributed by atoms with Crippen LogP contribution >= 0.6 is 0 Å². The number of hydrogen-bond donors (Lipinski definition) is 2. The molecule has 138 valence electrons. The Bertz CT molecular complexity index is 571. The molecule has 3 atom stereocenters. The number of hydrogen-bond acceptors (Lipinski definition) is 3. The molecule has 5 nitrogen and oxygen atoms in total. The predicted octanol–water partition coefficient (Wildman–Crippen LogP) is 0.990. The van der Waals surface area contributed by atoms with Gasteiger partial charge in [0.2, 0.25) is 0 Å². The Labute approximate surface area is 151 Å². The fourth-order valence-electron chi connectivity index (χ4n) is 4.44. The Balaban J connectivity index is 1.55. The first kappa shape index (κ1) is 18.1. The number of phenols is 1. The summed E-state index contributed by atoms with van der Waals surface area (Å²) in [6.45, 7) is 12.3. The lowest BCUT2D eigenvalue weighted by atomic mass is 9.91. The molecule has 0 radical (unpaired) electrons. The van der Waals surface area contributed by atoms with Gasteiger partial charge in [-0.15, -0.1) is 0 Å². The molecule has 25 heavy (non-hydrogen) atoms. The van der Waals surface area contributed by atoms with Crippen molar-refractivity contribution >= 4 is 11.6 Å². The summed E-state index contributed by atoms with van der Waals surface area (Å²) in [5, 5.41) is 9.43. The highest BCUT2D eigenvalue weighted by atomic mass is 16.3. The second-order valence-electron chi connectivity index (χ2n) is 8.07. The lowest BCUT2D eigenvalue weighted by molar-refractivity contribution is -0.915. The third-order valence-corrected chi connectivity index (χ3v) is 5.78. The molecule has 1 aromatic carbocycles. The smallest absolute Gasteiger partial charge is 0.280 e. The molecule has 0 unspecified atom stereocenters. The quantitative estimate of drug-likeness (QED) is 0.858. The van der Waals surface area contributed by atoms with Crippen molar-refractivity contribution in [3.63, 3.8) is 0 Å². The Morgan fingerprint density at radius 2 is 1.68 bits per heavy atom. The van der Waals surface area contributed by atoms with Gasteiger partial charge in [-0.1, -0.05) is 13.8 Å². The van der Waals surface area contributed by atoms with Crippen LogP contribution in [0, 0.1) is 11.8 Å². The van der Waals surface area contributed by atoms with Crippen molar-refractivity contribution in [3.05, 3.63) is 24.3 Å². The number of anilines is 1. The number of piperidine rings is 1. The van der Waals surface area contributed by atoms with Crippen molar-refractivity contribution in [2.75, 3.05) is 44.2 Å². The standard InChI is InChI=1S/C20H31N3O2/c1-15-12-16(2)14-23(13-15)20(25)17(3)21-8-10-22(11-9-21)18-4-6-19(24)7-5-18/h4-7,15-17,24H,8-14H2,1-3H3/p+1/t15-,16+,17-/m1/s1. The van der Waals surface area contributed by atoms with Crippen molar-refractivity contribution in [1.29, 1.82) is 0 Å². The van der Waals surface area contributed by atoms with E-state index in [1.165, 1.54) is 11.3 Å². The van der Waals surface area contributed by atoms with Crippen LogP contribution in [-0.2, 0) is 4.79 Å². The second-order valence-corrected chi connectivity index (χ2v) is 8.07. The van der Waals surface area contributed by atoms with Crippen LogP contribution < -0.4 is 9.80 Å². The Morgan fingerprint density at radius 3 is 2.24 bits per heavy atom. The van der Waals surface area contributed by atoms with Crippen LogP contribution in [0.25, 0.3) is 0 Å². The van der Waals surface area contributed by atoms with E-state index in [0.717, 1.165) is 45.0 Å². The third kappa shape index (κ3) is 4.27. The molecule has 0 aromatic heterocycles. The van der Waals surface area contributed by atoms with Crippen molar-refractivity contribution < 1.29 is 14.8 Å². The molecule has 2 aliphatic heterocycles. The van der Waals surface area contributed by atoms with Crippen molar-refractivity contribution in [1.82, 2.24) is 4.90 Å². The minimum Gasteiger partial charge on any atom is -0.508 e. The summed E-state index contributed by atoms with van der Waals surface area (Å²) in [7, 11) is 0. The summed E-state index contributed by atoms with van der Waals surface area (Å²) in [5.74, 6) is 1.85. The molecule has 0 saturated carbocycles. The van der Waals surface area contributed by atoms with Gasteiger partial charge < -0.3 is 19.8 Å². The zero-order valence-electron chi connectivity index (χ0n) is 15.7. The minimum absolute atomic E-state index is 0.0412. The van der Waals surface area contributed by atoms with Crippen molar-refractivity contribution in [2.45, 2.75) is 33.2 Å². The summed E-state index contributed by atoms with van der Waals surface area (Å²) < 4.78 is 0. The topological polar surface area (TPSA) is 48.2 Å². The summed E-state index contributed by atoms with van der Waals surface area (Å²) >= 11 is 0. The number of phenolic OH excluding ortho intramolecular Hbond substituents is 1. The highest BCUT2D eigenvalue weighted by Gasteiger charge is 2.34. The number of quaternary nitrogens is 1. The zero-order chi connectivity index (χ0) is 18.0. The van der Waals surface area contributed by atoms with Crippen LogP contribution in [0.4, 0.5) is 5.69 Å². The summed E-state index contributed by atoms with van der Waals surface area (Å²) in [4.78, 5) is 18.8. The number of amides is 1. The van der Waals surface area contributed by atoms with E-state index in [1.54, 1.807) is 12.1 Å². The summed E-state index contributed by atoms with van der Waals surface area (Å²) in [5.41, 5.74) is 1.15. The number of aromatic hydroxyl groups is 1. The second kappa shape index (κ2) is 7.65. The van der Waals surface area contributed by atoms with E-state index in [2.05, 4.69) is 30.6 Å². The summed E-state index contributed by atoms with van der Waals surface area (Å²) in [6.07, 6.45) is 1.23. The normalized spacial score (nSPS) is 26.5. The number of rotatable bonds is 3. The van der Waals surface area contributed by atoms with Crippen LogP contribution in [-0.4, -0.2) is 61.2 Å². The van der Waals surface area contributed by atoms with Gasteiger partial charge in [0.15, 0.2) is 6.04 Å². The molecular weight excluding hydrogens is 314 g/mol. The Morgan fingerprint density at radius 1 is 1.12 bits per heavy atom. The number of likely N-dealkylation sites (tertiary alicyclic amines) is 1. The molecule has 0 bridgehead atoms. The molecular formula is C20H32N3O2+. The van der Waals surface area contributed by atoms with Gasteiger partial charge in [-0.05, 0) is 49.4 Å². The number of carbonyl (C=O) groups is 1. The van der Waals surface area contributed by atoms with Crippen LogP contribution in [0.15, 0.2) is 24.3 Å². The molecule has 2 aliphatic rings. The number of piperazine rings is 1. The van der Waals surface area contributed by atoms with Crippen LogP contribution in [0.2, 0.25) is 0 Å². The van der Waals surface area contributed by atoms with Gasteiger partial charge in [-0.2, -0.15) is 0 Å².